The highest BCUT2D eigenvalue weighted by atomic mass is 35.5. The highest BCUT2D eigenvalue weighted by Crippen LogP contribution is 2.51. The molecule has 0 spiro atoms. The first-order valence-corrected chi connectivity index (χ1v) is 6.66. The van der Waals surface area contributed by atoms with Crippen molar-refractivity contribution in [3.63, 3.8) is 0 Å². The van der Waals surface area contributed by atoms with Crippen LogP contribution in [0, 0.1) is 10.8 Å². The second-order valence-corrected chi connectivity index (χ2v) is 5.10. The molecular formula is C14H16Cl2. The van der Waals surface area contributed by atoms with Crippen LogP contribution in [0.3, 0.4) is 0 Å². The normalized spacial score (nSPS) is 36.9. The molecule has 0 N–H and O–H groups in total. The molecule has 0 aromatic carbocycles. The quantitative estimate of drug-likeness (QED) is 0.653. The zero-order valence-corrected chi connectivity index (χ0v) is 10.7. The predicted molar refractivity (Wildman–Crippen MR) is 72.1 cm³/mol. The van der Waals surface area contributed by atoms with Crippen molar-refractivity contribution in [2.24, 2.45) is 10.8 Å². The Morgan fingerprint density at radius 1 is 0.750 bits per heavy atom. The largest absolute Gasteiger partial charge is 0.126 e. The van der Waals surface area contributed by atoms with Crippen LogP contribution in [0.25, 0.3) is 0 Å². The average molecular weight is 255 g/mol. The summed E-state index contributed by atoms with van der Waals surface area (Å²) in [6, 6.07) is 0. The van der Waals surface area contributed by atoms with Crippen molar-refractivity contribution in [1.82, 2.24) is 0 Å². The predicted octanol–water partition coefficient (Wildman–Crippen LogP) is 4.47. The molecule has 86 valence electrons. The van der Waals surface area contributed by atoms with Gasteiger partial charge in [0.15, 0.2) is 0 Å². The first-order chi connectivity index (χ1) is 7.79. The second-order valence-electron chi connectivity index (χ2n) is 4.56. The van der Waals surface area contributed by atoms with Crippen molar-refractivity contribution in [1.29, 1.82) is 0 Å². The van der Waals surface area contributed by atoms with Crippen LogP contribution in [-0.2, 0) is 0 Å². The van der Waals surface area contributed by atoms with Crippen molar-refractivity contribution < 1.29 is 0 Å². The molecule has 0 radical (unpaired) electrons. The Bertz CT molecular complexity index is 329. The fraction of sp³-hybridized carbons (Fsp3) is 0.429. The van der Waals surface area contributed by atoms with Gasteiger partial charge in [0.05, 0.1) is 0 Å². The van der Waals surface area contributed by atoms with Gasteiger partial charge in [-0.25, -0.2) is 0 Å². The van der Waals surface area contributed by atoms with E-state index in [1.807, 2.05) is 0 Å². The van der Waals surface area contributed by atoms with Gasteiger partial charge >= 0.3 is 0 Å². The van der Waals surface area contributed by atoms with E-state index in [4.69, 9.17) is 23.2 Å². The van der Waals surface area contributed by atoms with Crippen LogP contribution in [0.5, 0.6) is 0 Å². The molecule has 0 saturated carbocycles. The Balaban J connectivity index is 2.38. The molecule has 0 aromatic rings. The third-order valence-corrected chi connectivity index (χ3v) is 4.71. The molecular weight excluding hydrogens is 239 g/mol. The number of hydrogen-bond acceptors (Lipinski definition) is 0. The molecule has 2 heteroatoms. The van der Waals surface area contributed by atoms with E-state index in [2.05, 4.69) is 48.6 Å². The molecule has 2 unspecified atom stereocenters. The van der Waals surface area contributed by atoms with E-state index < -0.39 is 0 Å². The Morgan fingerprint density at radius 2 is 1.19 bits per heavy atom. The summed E-state index contributed by atoms with van der Waals surface area (Å²) in [5.41, 5.74) is -0.0708. The first-order valence-electron chi connectivity index (χ1n) is 5.59. The lowest BCUT2D eigenvalue weighted by Gasteiger charge is -2.46. The van der Waals surface area contributed by atoms with Gasteiger partial charge in [0, 0.05) is 22.6 Å². The van der Waals surface area contributed by atoms with Gasteiger partial charge in [-0.3, -0.25) is 0 Å². The van der Waals surface area contributed by atoms with Gasteiger partial charge in [-0.1, -0.05) is 48.6 Å². The lowest BCUT2D eigenvalue weighted by Crippen LogP contribution is -2.43. The summed E-state index contributed by atoms with van der Waals surface area (Å²) >= 11 is 12.5. The third kappa shape index (κ3) is 1.78. The third-order valence-electron chi connectivity index (χ3n) is 3.76. The minimum absolute atomic E-state index is 0.0354. The van der Waals surface area contributed by atoms with Crippen LogP contribution < -0.4 is 0 Å². The molecule has 2 aliphatic carbocycles. The molecule has 2 rings (SSSR count). The number of halogens is 2. The summed E-state index contributed by atoms with van der Waals surface area (Å²) in [6.45, 7) is 0. The molecule has 0 saturated heterocycles. The average Bonchev–Trinajstić information content (AvgIpc) is 2.40. The Hall–Kier alpha value is -0.460. The topological polar surface area (TPSA) is 0 Å². The van der Waals surface area contributed by atoms with E-state index in [-0.39, 0.29) is 10.8 Å². The standard InChI is InChI=1S/C14H16Cl2/c15-11-13(7-3-1-4-8-13)14(12-16)9-5-2-6-10-14/h1-7,9H,8,10-12H2. The smallest absolute Gasteiger partial charge is 0.0326 e. The van der Waals surface area contributed by atoms with E-state index in [1.165, 1.54) is 0 Å². The van der Waals surface area contributed by atoms with Crippen molar-refractivity contribution >= 4 is 23.2 Å². The zero-order valence-electron chi connectivity index (χ0n) is 9.20. The molecule has 0 aromatic heterocycles. The summed E-state index contributed by atoms with van der Waals surface area (Å²) in [7, 11) is 0. The van der Waals surface area contributed by atoms with Gasteiger partial charge in [0.25, 0.3) is 0 Å². The second kappa shape index (κ2) is 4.81. The van der Waals surface area contributed by atoms with Gasteiger partial charge in [0.1, 0.15) is 0 Å². The number of rotatable bonds is 3. The lowest BCUT2D eigenvalue weighted by atomic mass is 9.60. The van der Waals surface area contributed by atoms with Crippen molar-refractivity contribution in [2.45, 2.75) is 12.8 Å². The van der Waals surface area contributed by atoms with E-state index in [0.717, 1.165) is 12.8 Å². The van der Waals surface area contributed by atoms with Crippen LogP contribution in [0.4, 0.5) is 0 Å². The number of hydrogen-bond donors (Lipinski definition) is 0. The van der Waals surface area contributed by atoms with Crippen LogP contribution >= 0.6 is 23.2 Å². The summed E-state index contributed by atoms with van der Waals surface area (Å²) in [5, 5.41) is 0. The van der Waals surface area contributed by atoms with E-state index >= 15 is 0 Å². The van der Waals surface area contributed by atoms with E-state index in [0.29, 0.717) is 11.8 Å². The fourth-order valence-corrected chi connectivity index (χ4v) is 3.46. The van der Waals surface area contributed by atoms with Gasteiger partial charge in [-0.05, 0) is 12.8 Å². The Kier molecular flexibility index (Phi) is 3.61. The molecule has 0 nitrogen and oxygen atoms in total. The molecule has 0 aliphatic heterocycles. The molecule has 0 fully saturated rings. The summed E-state index contributed by atoms with van der Waals surface area (Å²) in [5.74, 6) is 1.22. The maximum absolute atomic E-state index is 6.24. The molecule has 0 heterocycles. The highest BCUT2D eigenvalue weighted by Gasteiger charge is 2.46. The van der Waals surface area contributed by atoms with Gasteiger partial charge in [0.2, 0.25) is 0 Å². The minimum Gasteiger partial charge on any atom is -0.126 e. The Labute approximate surface area is 107 Å². The van der Waals surface area contributed by atoms with Gasteiger partial charge < -0.3 is 0 Å². The van der Waals surface area contributed by atoms with Crippen LogP contribution in [0.1, 0.15) is 12.8 Å². The SMILES string of the molecule is ClCC1(C2(CCl)C=CC=CC2)C=CC=CC1. The number of alkyl halides is 2. The summed E-state index contributed by atoms with van der Waals surface area (Å²) in [4.78, 5) is 0. The first kappa shape index (κ1) is 12.0. The van der Waals surface area contributed by atoms with Gasteiger partial charge in [-0.15, -0.1) is 23.2 Å². The van der Waals surface area contributed by atoms with Gasteiger partial charge in [-0.2, -0.15) is 0 Å². The Morgan fingerprint density at radius 3 is 1.44 bits per heavy atom. The molecule has 0 amide bonds. The van der Waals surface area contributed by atoms with Crippen LogP contribution in [-0.4, -0.2) is 11.8 Å². The maximum Gasteiger partial charge on any atom is 0.0326 e. The fourth-order valence-electron chi connectivity index (χ4n) is 2.53. The molecule has 2 aliphatic rings. The highest BCUT2D eigenvalue weighted by molar-refractivity contribution is 6.20. The molecule has 16 heavy (non-hydrogen) atoms. The van der Waals surface area contributed by atoms with Crippen LogP contribution in [0.2, 0.25) is 0 Å². The molecule has 0 bridgehead atoms. The van der Waals surface area contributed by atoms with E-state index in [1.54, 1.807) is 0 Å². The van der Waals surface area contributed by atoms with E-state index in [9.17, 15) is 0 Å². The molecule has 2 atom stereocenters. The van der Waals surface area contributed by atoms with Crippen LogP contribution in [0.15, 0.2) is 48.6 Å². The van der Waals surface area contributed by atoms with Crippen molar-refractivity contribution in [2.75, 3.05) is 11.8 Å². The minimum atomic E-state index is -0.0354. The lowest BCUT2D eigenvalue weighted by molar-refractivity contribution is 0.192. The summed E-state index contributed by atoms with van der Waals surface area (Å²) < 4.78 is 0. The zero-order chi connectivity index (χ0) is 11.5. The van der Waals surface area contributed by atoms with Crippen molar-refractivity contribution in [3.05, 3.63) is 48.6 Å². The monoisotopic (exact) mass is 254 g/mol. The number of allylic oxidation sites excluding steroid dienone is 8. The maximum atomic E-state index is 6.24. The summed E-state index contributed by atoms with van der Waals surface area (Å²) in [6.07, 6.45) is 19.1. The van der Waals surface area contributed by atoms with Crippen molar-refractivity contribution in [3.8, 4) is 0 Å².